The highest BCUT2D eigenvalue weighted by molar-refractivity contribution is 6.67. The number of para-hydroxylation sites is 1. The normalized spacial score (nSPS) is 12.3. The first-order chi connectivity index (χ1) is 11.2. The van der Waals surface area contributed by atoms with Gasteiger partial charge in [-0.3, -0.25) is 0 Å². The zero-order chi connectivity index (χ0) is 19.9. The number of hydrogen-bond donors (Lipinski definition) is 1. The minimum Gasteiger partial charge on any atom is -0.426 e. The Kier molecular flexibility index (Phi) is 9.29. The highest BCUT2D eigenvalue weighted by Gasteiger charge is 2.36. The van der Waals surface area contributed by atoms with Gasteiger partial charge in [0.2, 0.25) is 0 Å². The second kappa shape index (κ2) is 9.66. The Labute approximate surface area is 158 Å². The van der Waals surface area contributed by atoms with Gasteiger partial charge in [0, 0.05) is 11.2 Å². The fourth-order valence-electron chi connectivity index (χ4n) is 2.05. The number of benzene rings is 1. The Bertz CT molecular complexity index is 495. The van der Waals surface area contributed by atoms with E-state index in [1.807, 2.05) is 0 Å². The first-order valence-corrected chi connectivity index (χ1v) is 9.80. The molecule has 0 aliphatic heterocycles. The minimum atomic E-state index is -0.193. The van der Waals surface area contributed by atoms with E-state index in [0.717, 1.165) is 5.69 Å². The quantitative estimate of drug-likeness (QED) is 0.625. The third-order valence-corrected chi connectivity index (χ3v) is 4.69. The molecule has 0 atom stereocenters. The van der Waals surface area contributed by atoms with Crippen LogP contribution in [0.3, 0.4) is 0 Å². The second-order valence-corrected chi connectivity index (χ2v) is 9.48. The Morgan fingerprint density at radius 2 is 1.36 bits per heavy atom. The number of nitrogens with one attached hydrogen (secondary N) is 1. The summed E-state index contributed by atoms with van der Waals surface area (Å²) in [4.78, 5) is 0. The van der Waals surface area contributed by atoms with Crippen LogP contribution in [-0.2, 0) is 4.65 Å². The topological polar surface area (TPSA) is 21.3 Å². The van der Waals surface area contributed by atoms with Gasteiger partial charge in [-0.15, -0.1) is 0 Å². The predicted molar refractivity (Wildman–Crippen MR) is 116 cm³/mol. The fourth-order valence-corrected chi connectivity index (χ4v) is 2.05. The molecule has 0 radical (unpaired) electrons. The Hall–Kier alpha value is -0.955. The van der Waals surface area contributed by atoms with E-state index >= 15 is 0 Å². The molecule has 0 bridgehead atoms. The largest absolute Gasteiger partial charge is 0.426 e. The van der Waals surface area contributed by atoms with Crippen LogP contribution in [0.5, 0.6) is 0 Å². The van der Waals surface area contributed by atoms with Gasteiger partial charge in [0.05, 0.1) is 5.60 Å². The summed E-state index contributed by atoms with van der Waals surface area (Å²) >= 11 is 0. The van der Waals surface area contributed by atoms with E-state index in [9.17, 15) is 0 Å². The summed E-state index contributed by atoms with van der Waals surface area (Å²) in [5.74, 6) is 0. The van der Waals surface area contributed by atoms with Crippen LogP contribution in [0.15, 0.2) is 24.3 Å². The summed E-state index contributed by atoms with van der Waals surface area (Å²) < 4.78 is 6.40. The Morgan fingerprint density at radius 1 is 0.880 bits per heavy atom. The molecule has 0 heterocycles. The molecule has 0 saturated carbocycles. The Morgan fingerprint density at radius 3 is 1.76 bits per heavy atom. The first kappa shape index (κ1) is 24.0. The van der Waals surface area contributed by atoms with Crippen molar-refractivity contribution >= 4 is 18.1 Å². The summed E-state index contributed by atoms with van der Waals surface area (Å²) in [6.07, 6.45) is 2.64. The standard InChI is InChI=1S/C18H32BNO.C4H10/c1-16(2,3)18(7,8)21-19(9)14-12-10-11-13-15(14)20-17(4,5)6;1-3-4-2/h10-13,20H,1-9H3;3-4H2,1-2H3. The number of rotatable bonds is 5. The minimum absolute atomic E-state index is 0.0371. The van der Waals surface area contributed by atoms with Crippen molar-refractivity contribution in [2.45, 2.75) is 100 Å². The average molecular weight is 347 g/mol. The van der Waals surface area contributed by atoms with Gasteiger partial charge in [-0.25, -0.2) is 0 Å². The molecule has 0 saturated heterocycles. The molecular formula is C22H42BNO. The SMILES string of the molecule is CB(OC(C)(C)C(C)(C)C)c1ccccc1NC(C)(C)C.CCCC. The van der Waals surface area contributed by atoms with Crippen LogP contribution in [0.4, 0.5) is 5.69 Å². The monoisotopic (exact) mass is 347 g/mol. The number of unbranched alkanes of at least 4 members (excludes halogenated alkanes) is 1. The molecule has 1 aromatic carbocycles. The van der Waals surface area contributed by atoms with Crippen molar-refractivity contribution in [1.29, 1.82) is 0 Å². The molecule has 0 fully saturated rings. The van der Waals surface area contributed by atoms with Gasteiger partial charge in [-0.2, -0.15) is 0 Å². The lowest BCUT2D eigenvalue weighted by molar-refractivity contribution is 0.000471. The third-order valence-electron chi connectivity index (χ3n) is 4.69. The molecule has 0 amide bonds. The number of hydrogen-bond acceptors (Lipinski definition) is 2. The van der Waals surface area contributed by atoms with Crippen molar-refractivity contribution < 1.29 is 4.65 Å². The van der Waals surface area contributed by atoms with E-state index in [1.54, 1.807) is 0 Å². The lowest BCUT2D eigenvalue weighted by Crippen LogP contribution is -2.47. The maximum absolute atomic E-state index is 6.40. The van der Waals surface area contributed by atoms with Crippen LogP contribution < -0.4 is 10.8 Å². The van der Waals surface area contributed by atoms with Crippen LogP contribution in [0.2, 0.25) is 6.82 Å². The van der Waals surface area contributed by atoms with Gasteiger partial charge in [-0.1, -0.05) is 72.5 Å². The molecule has 0 aliphatic rings. The van der Waals surface area contributed by atoms with Crippen molar-refractivity contribution in [3.63, 3.8) is 0 Å². The summed E-state index contributed by atoms with van der Waals surface area (Å²) in [5, 5.41) is 3.58. The maximum atomic E-state index is 6.40. The molecule has 0 spiro atoms. The molecule has 25 heavy (non-hydrogen) atoms. The van der Waals surface area contributed by atoms with Crippen LogP contribution in [0.1, 0.15) is 82.1 Å². The zero-order valence-electron chi connectivity index (χ0n) is 18.7. The maximum Gasteiger partial charge on any atom is 0.326 e. The van der Waals surface area contributed by atoms with E-state index in [2.05, 4.69) is 106 Å². The van der Waals surface area contributed by atoms with Crippen LogP contribution in [0.25, 0.3) is 0 Å². The molecule has 0 aliphatic carbocycles. The van der Waals surface area contributed by atoms with Crippen molar-refractivity contribution in [2.75, 3.05) is 5.32 Å². The van der Waals surface area contributed by atoms with Gasteiger partial charge in [-0.05, 0) is 51.6 Å². The Balaban J connectivity index is 0.00000129. The van der Waals surface area contributed by atoms with Crippen molar-refractivity contribution in [3.05, 3.63) is 24.3 Å². The number of anilines is 1. The van der Waals surface area contributed by atoms with Gasteiger partial charge in [0.25, 0.3) is 0 Å². The first-order valence-electron chi connectivity index (χ1n) is 9.80. The van der Waals surface area contributed by atoms with E-state index in [4.69, 9.17) is 4.65 Å². The molecule has 1 aromatic rings. The van der Waals surface area contributed by atoms with E-state index in [-0.39, 0.29) is 23.5 Å². The lowest BCUT2D eigenvalue weighted by atomic mass is 9.61. The van der Waals surface area contributed by atoms with Gasteiger partial charge in [0.15, 0.2) is 0 Å². The van der Waals surface area contributed by atoms with Gasteiger partial charge in [0.1, 0.15) is 0 Å². The third kappa shape index (κ3) is 8.81. The van der Waals surface area contributed by atoms with E-state index < -0.39 is 0 Å². The van der Waals surface area contributed by atoms with Gasteiger partial charge >= 0.3 is 6.92 Å². The van der Waals surface area contributed by atoms with Gasteiger partial charge < -0.3 is 9.97 Å². The van der Waals surface area contributed by atoms with Crippen LogP contribution >= 0.6 is 0 Å². The van der Waals surface area contributed by atoms with Crippen molar-refractivity contribution in [2.24, 2.45) is 5.41 Å². The molecule has 1 N–H and O–H groups in total. The molecule has 144 valence electrons. The van der Waals surface area contributed by atoms with Crippen LogP contribution in [-0.4, -0.2) is 18.1 Å². The predicted octanol–water partition coefficient (Wildman–Crippen LogP) is 6.37. The summed E-state index contributed by atoms with van der Waals surface area (Å²) in [6, 6.07) is 8.42. The highest BCUT2D eigenvalue weighted by Crippen LogP contribution is 2.33. The summed E-state index contributed by atoms with van der Waals surface area (Å²) in [6.45, 7) is 24.1. The molecule has 0 aromatic heterocycles. The van der Waals surface area contributed by atoms with Crippen molar-refractivity contribution in [3.8, 4) is 0 Å². The molecule has 3 heteroatoms. The zero-order valence-corrected chi connectivity index (χ0v) is 18.7. The molecular weight excluding hydrogens is 305 g/mol. The van der Waals surface area contributed by atoms with Crippen LogP contribution in [0, 0.1) is 5.41 Å². The highest BCUT2D eigenvalue weighted by atomic mass is 16.5. The molecule has 0 unspecified atom stereocenters. The second-order valence-electron chi connectivity index (χ2n) is 9.48. The van der Waals surface area contributed by atoms with E-state index in [1.165, 1.54) is 18.3 Å². The lowest BCUT2D eigenvalue weighted by Gasteiger charge is -2.41. The fraction of sp³-hybridized carbons (Fsp3) is 0.727. The van der Waals surface area contributed by atoms with E-state index in [0.29, 0.717) is 0 Å². The summed E-state index contributed by atoms with van der Waals surface area (Å²) in [5.41, 5.74) is 2.30. The smallest absolute Gasteiger partial charge is 0.326 e. The molecule has 1 rings (SSSR count). The average Bonchev–Trinajstić information content (AvgIpc) is 2.44. The molecule has 2 nitrogen and oxygen atoms in total. The summed E-state index contributed by atoms with van der Waals surface area (Å²) in [7, 11) is 0. The van der Waals surface area contributed by atoms with Crippen molar-refractivity contribution in [1.82, 2.24) is 0 Å².